The standard InChI is InChI=1S/C26H30N2O7/c1-33-13-6-11-22(24(29)28-12-14-34-16-23(28)25(30)31)27-26(32)35-15-21-19-9-4-2-7-17(19)18-8-3-5-10-20(18)21/h2-5,7-10,21-23H,6,11-16H2,1H3,(H,27,32)(H,30,31). The summed E-state index contributed by atoms with van der Waals surface area (Å²) in [4.78, 5) is 38.9. The third kappa shape index (κ3) is 5.47. The second-order valence-electron chi connectivity index (χ2n) is 8.62. The van der Waals surface area contributed by atoms with E-state index >= 15 is 0 Å². The lowest BCUT2D eigenvalue weighted by Crippen LogP contribution is -2.58. The Morgan fingerprint density at radius 3 is 2.40 bits per heavy atom. The van der Waals surface area contributed by atoms with E-state index in [2.05, 4.69) is 17.4 Å². The van der Waals surface area contributed by atoms with Crippen molar-refractivity contribution in [3.05, 3.63) is 59.7 Å². The number of aliphatic carboxylic acids is 1. The quantitative estimate of drug-likeness (QED) is 0.528. The molecular formula is C26H30N2O7. The first-order chi connectivity index (χ1) is 17.0. The summed E-state index contributed by atoms with van der Waals surface area (Å²) in [7, 11) is 1.55. The van der Waals surface area contributed by atoms with Crippen LogP contribution in [-0.2, 0) is 23.8 Å². The molecule has 2 aromatic carbocycles. The van der Waals surface area contributed by atoms with Crippen LogP contribution in [0.2, 0.25) is 0 Å². The number of alkyl carbamates (subject to hydrolysis) is 1. The van der Waals surface area contributed by atoms with Gasteiger partial charge in [0.25, 0.3) is 0 Å². The Morgan fingerprint density at radius 1 is 1.11 bits per heavy atom. The van der Waals surface area contributed by atoms with Crippen LogP contribution in [0.3, 0.4) is 0 Å². The molecule has 2 N–H and O–H groups in total. The number of nitrogens with one attached hydrogen (secondary N) is 1. The fraction of sp³-hybridized carbons (Fsp3) is 0.423. The number of ether oxygens (including phenoxy) is 3. The number of hydrogen-bond acceptors (Lipinski definition) is 6. The molecule has 2 aliphatic rings. The first-order valence-electron chi connectivity index (χ1n) is 11.7. The van der Waals surface area contributed by atoms with E-state index < -0.39 is 30.1 Å². The van der Waals surface area contributed by atoms with Gasteiger partial charge < -0.3 is 29.5 Å². The molecule has 9 heteroatoms. The van der Waals surface area contributed by atoms with E-state index in [1.807, 2.05) is 36.4 Å². The van der Waals surface area contributed by atoms with Crippen LogP contribution in [0.1, 0.15) is 29.9 Å². The summed E-state index contributed by atoms with van der Waals surface area (Å²) in [6.07, 6.45) is 0.0851. The lowest BCUT2D eigenvalue weighted by molar-refractivity contribution is -0.159. The third-order valence-electron chi connectivity index (χ3n) is 6.47. The molecule has 0 radical (unpaired) electrons. The number of carbonyl (C=O) groups is 3. The predicted octanol–water partition coefficient (Wildman–Crippen LogP) is 2.63. The first kappa shape index (κ1) is 24.7. The van der Waals surface area contributed by atoms with Crippen molar-refractivity contribution < 1.29 is 33.7 Å². The van der Waals surface area contributed by atoms with Crippen LogP contribution in [0.15, 0.2) is 48.5 Å². The Morgan fingerprint density at radius 2 is 1.77 bits per heavy atom. The van der Waals surface area contributed by atoms with E-state index in [0.717, 1.165) is 22.3 Å². The fourth-order valence-electron chi connectivity index (χ4n) is 4.74. The van der Waals surface area contributed by atoms with Gasteiger partial charge in [0.15, 0.2) is 6.04 Å². The summed E-state index contributed by atoms with van der Waals surface area (Å²) >= 11 is 0. The number of carboxylic acids is 1. The molecule has 1 saturated heterocycles. The minimum absolute atomic E-state index is 0.0865. The van der Waals surface area contributed by atoms with Crippen molar-refractivity contribution in [3.8, 4) is 11.1 Å². The van der Waals surface area contributed by atoms with Gasteiger partial charge in [-0.05, 0) is 35.1 Å². The zero-order valence-corrected chi connectivity index (χ0v) is 19.6. The maximum absolute atomic E-state index is 13.2. The summed E-state index contributed by atoms with van der Waals surface area (Å²) in [5.41, 5.74) is 4.42. The minimum atomic E-state index is -1.14. The second-order valence-corrected chi connectivity index (χ2v) is 8.62. The molecule has 186 valence electrons. The van der Waals surface area contributed by atoms with Crippen LogP contribution >= 0.6 is 0 Å². The summed E-state index contributed by atoms with van der Waals surface area (Å²) < 4.78 is 15.9. The van der Waals surface area contributed by atoms with Crippen LogP contribution in [-0.4, -0.2) is 80.1 Å². The molecule has 0 bridgehead atoms. The average molecular weight is 483 g/mol. The van der Waals surface area contributed by atoms with E-state index in [9.17, 15) is 19.5 Å². The van der Waals surface area contributed by atoms with Gasteiger partial charge in [-0.15, -0.1) is 0 Å². The number of hydrogen-bond donors (Lipinski definition) is 2. The number of carbonyl (C=O) groups excluding carboxylic acids is 2. The molecular weight excluding hydrogens is 452 g/mol. The number of nitrogens with zero attached hydrogens (tertiary/aromatic N) is 1. The highest BCUT2D eigenvalue weighted by Crippen LogP contribution is 2.44. The summed E-state index contributed by atoms with van der Waals surface area (Å²) in [6.45, 7) is 0.820. The number of rotatable bonds is 9. The van der Waals surface area contributed by atoms with E-state index in [1.165, 1.54) is 4.90 Å². The van der Waals surface area contributed by atoms with E-state index in [-0.39, 0.29) is 32.3 Å². The molecule has 0 spiro atoms. The Balaban J connectivity index is 1.44. The molecule has 2 atom stereocenters. The van der Waals surface area contributed by atoms with Gasteiger partial charge in [-0.25, -0.2) is 9.59 Å². The van der Waals surface area contributed by atoms with Crippen molar-refractivity contribution in [2.75, 3.05) is 40.1 Å². The van der Waals surface area contributed by atoms with Crippen LogP contribution in [0, 0.1) is 0 Å². The maximum Gasteiger partial charge on any atom is 0.407 e. The molecule has 2 aromatic rings. The van der Waals surface area contributed by atoms with Crippen LogP contribution in [0.4, 0.5) is 4.79 Å². The Bertz CT molecular complexity index is 1030. The number of amides is 2. The highest BCUT2D eigenvalue weighted by Gasteiger charge is 2.37. The van der Waals surface area contributed by atoms with Crippen molar-refractivity contribution in [2.45, 2.75) is 30.8 Å². The Labute approximate surface area is 204 Å². The number of methoxy groups -OCH3 is 1. The van der Waals surface area contributed by atoms with Gasteiger partial charge in [0.05, 0.1) is 13.2 Å². The van der Waals surface area contributed by atoms with E-state index in [0.29, 0.717) is 19.4 Å². The number of benzene rings is 2. The topological polar surface area (TPSA) is 114 Å². The molecule has 2 amide bonds. The maximum atomic E-state index is 13.2. The van der Waals surface area contributed by atoms with Gasteiger partial charge in [0.2, 0.25) is 5.91 Å². The van der Waals surface area contributed by atoms with Crippen molar-refractivity contribution in [1.82, 2.24) is 10.2 Å². The molecule has 0 saturated carbocycles. The van der Waals surface area contributed by atoms with Gasteiger partial charge in [0, 0.05) is 26.2 Å². The number of fused-ring (bicyclic) bond motifs is 3. The highest BCUT2D eigenvalue weighted by molar-refractivity contribution is 5.89. The monoisotopic (exact) mass is 482 g/mol. The van der Waals surface area contributed by atoms with Crippen molar-refractivity contribution in [2.24, 2.45) is 0 Å². The number of morpholine rings is 1. The largest absolute Gasteiger partial charge is 0.480 e. The Hall–Kier alpha value is -3.43. The highest BCUT2D eigenvalue weighted by atomic mass is 16.5. The minimum Gasteiger partial charge on any atom is -0.480 e. The summed E-state index contributed by atoms with van der Waals surface area (Å²) in [5.74, 6) is -1.72. The predicted molar refractivity (Wildman–Crippen MR) is 127 cm³/mol. The lowest BCUT2D eigenvalue weighted by atomic mass is 9.98. The molecule has 1 aliphatic heterocycles. The average Bonchev–Trinajstić information content (AvgIpc) is 3.20. The molecule has 1 aliphatic carbocycles. The molecule has 9 nitrogen and oxygen atoms in total. The SMILES string of the molecule is COCCCC(NC(=O)OCC1c2ccccc2-c2ccccc21)C(=O)N1CCOCC1C(=O)O. The van der Waals surface area contributed by atoms with Gasteiger partial charge in [-0.2, -0.15) is 0 Å². The van der Waals surface area contributed by atoms with Gasteiger partial charge in [-0.3, -0.25) is 4.79 Å². The molecule has 1 heterocycles. The van der Waals surface area contributed by atoms with Crippen LogP contribution < -0.4 is 5.32 Å². The van der Waals surface area contributed by atoms with Crippen molar-refractivity contribution >= 4 is 18.0 Å². The molecule has 0 aromatic heterocycles. The zero-order valence-electron chi connectivity index (χ0n) is 19.6. The number of carboxylic acid groups (broad SMARTS) is 1. The van der Waals surface area contributed by atoms with Crippen molar-refractivity contribution in [1.29, 1.82) is 0 Å². The van der Waals surface area contributed by atoms with Gasteiger partial charge >= 0.3 is 12.1 Å². The van der Waals surface area contributed by atoms with Crippen LogP contribution in [0.25, 0.3) is 11.1 Å². The molecule has 1 fully saturated rings. The summed E-state index contributed by atoms with van der Waals surface area (Å²) in [5, 5.41) is 12.2. The molecule has 4 rings (SSSR count). The lowest BCUT2D eigenvalue weighted by Gasteiger charge is -2.35. The molecule has 35 heavy (non-hydrogen) atoms. The third-order valence-corrected chi connectivity index (χ3v) is 6.47. The Kier molecular flexibility index (Phi) is 7.99. The fourth-order valence-corrected chi connectivity index (χ4v) is 4.74. The second kappa shape index (κ2) is 11.3. The van der Waals surface area contributed by atoms with E-state index in [1.54, 1.807) is 7.11 Å². The van der Waals surface area contributed by atoms with Crippen LogP contribution in [0.5, 0.6) is 0 Å². The summed E-state index contributed by atoms with van der Waals surface area (Å²) in [6, 6.07) is 14.0. The molecule has 2 unspecified atom stereocenters. The van der Waals surface area contributed by atoms with Crippen molar-refractivity contribution in [3.63, 3.8) is 0 Å². The first-order valence-corrected chi connectivity index (χ1v) is 11.7. The van der Waals surface area contributed by atoms with E-state index in [4.69, 9.17) is 14.2 Å². The normalized spacial score (nSPS) is 17.9. The zero-order chi connectivity index (χ0) is 24.8. The smallest absolute Gasteiger partial charge is 0.407 e. The van der Waals surface area contributed by atoms with Gasteiger partial charge in [0.1, 0.15) is 12.6 Å². The van der Waals surface area contributed by atoms with Gasteiger partial charge in [-0.1, -0.05) is 48.5 Å².